The van der Waals surface area contributed by atoms with Gasteiger partial charge in [-0.3, -0.25) is 9.48 Å². The van der Waals surface area contributed by atoms with E-state index in [2.05, 4.69) is 15.4 Å². The summed E-state index contributed by atoms with van der Waals surface area (Å²) >= 11 is 0. The van der Waals surface area contributed by atoms with Gasteiger partial charge in [0.1, 0.15) is 12.7 Å². The first kappa shape index (κ1) is 13.0. The minimum atomic E-state index is -0.177. The number of hydrogen-bond acceptors (Lipinski definition) is 5. The summed E-state index contributed by atoms with van der Waals surface area (Å²) in [6, 6.07) is 0.374. The number of esters is 1. The molecule has 0 aliphatic heterocycles. The Balaban J connectivity index is 1.78. The summed E-state index contributed by atoms with van der Waals surface area (Å²) in [4.78, 5) is 15.3. The molecule has 1 aliphatic carbocycles. The molecule has 0 amide bonds. The lowest BCUT2D eigenvalue weighted by molar-refractivity contribution is -0.142. The minimum absolute atomic E-state index is 0.177. The molecule has 1 N–H and O–H groups in total. The van der Waals surface area contributed by atoms with Crippen molar-refractivity contribution in [1.29, 1.82) is 0 Å². The van der Waals surface area contributed by atoms with Crippen LogP contribution in [0.2, 0.25) is 0 Å². The molecule has 1 aromatic heterocycles. The molecule has 1 fully saturated rings. The summed E-state index contributed by atoms with van der Waals surface area (Å²) in [7, 11) is 0. The average molecular weight is 252 g/mol. The maximum atomic E-state index is 11.3. The molecule has 18 heavy (non-hydrogen) atoms. The van der Waals surface area contributed by atoms with E-state index in [4.69, 9.17) is 4.74 Å². The molecule has 6 heteroatoms. The second-order valence-corrected chi connectivity index (χ2v) is 4.60. The third kappa shape index (κ3) is 3.53. The molecule has 100 valence electrons. The van der Waals surface area contributed by atoms with Crippen molar-refractivity contribution < 1.29 is 9.53 Å². The number of carbonyl (C=O) groups is 1. The maximum absolute atomic E-state index is 11.3. The molecule has 0 spiro atoms. The molecular formula is C12H20N4O2. The molecular weight excluding hydrogens is 232 g/mol. The lowest BCUT2D eigenvalue weighted by Crippen LogP contribution is -2.38. The van der Waals surface area contributed by atoms with Gasteiger partial charge in [-0.2, -0.15) is 5.10 Å². The highest BCUT2D eigenvalue weighted by Crippen LogP contribution is 2.26. The SMILES string of the molecule is CCOC(=O)CNC1CCC[C@@H]1Cn1cncn1. The van der Waals surface area contributed by atoms with Crippen molar-refractivity contribution in [3.05, 3.63) is 12.7 Å². The van der Waals surface area contributed by atoms with Gasteiger partial charge in [-0.05, 0) is 25.7 Å². The van der Waals surface area contributed by atoms with Crippen molar-refractivity contribution in [2.75, 3.05) is 13.2 Å². The summed E-state index contributed by atoms with van der Waals surface area (Å²) in [6.07, 6.45) is 6.76. The van der Waals surface area contributed by atoms with Crippen molar-refractivity contribution in [2.24, 2.45) is 5.92 Å². The highest BCUT2D eigenvalue weighted by Gasteiger charge is 2.27. The fourth-order valence-electron chi connectivity index (χ4n) is 2.52. The number of aromatic nitrogens is 3. The predicted octanol–water partition coefficient (Wildman–Crippen LogP) is 0.599. The molecule has 6 nitrogen and oxygen atoms in total. The predicted molar refractivity (Wildman–Crippen MR) is 65.8 cm³/mol. The summed E-state index contributed by atoms with van der Waals surface area (Å²) in [5, 5.41) is 7.42. The van der Waals surface area contributed by atoms with Crippen molar-refractivity contribution in [1.82, 2.24) is 20.1 Å². The lowest BCUT2D eigenvalue weighted by Gasteiger charge is -2.20. The molecule has 2 rings (SSSR count). The van der Waals surface area contributed by atoms with Crippen molar-refractivity contribution in [3.8, 4) is 0 Å². The zero-order chi connectivity index (χ0) is 12.8. The van der Waals surface area contributed by atoms with Crippen LogP contribution >= 0.6 is 0 Å². The van der Waals surface area contributed by atoms with Crippen LogP contribution in [0.5, 0.6) is 0 Å². The number of hydrogen-bond donors (Lipinski definition) is 1. The maximum Gasteiger partial charge on any atom is 0.319 e. The third-order valence-electron chi connectivity index (χ3n) is 3.36. The van der Waals surface area contributed by atoms with Crippen molar-refractivity contribution in [2.45, 2.75) is 38.8 Å². The molecule has 1 unspecified atom stereocenters. The molecule has 0 bridgehead atoms. The summed E-state index contributed by atoms with van der Waals surface area (Å²) in [5.41, 5.74) is 0. The topological polar surface area (TPSA) is 69.0 Å². The number of ether oxygens (including phenoxy) is 1. The fraction of sp³-hybridized carbons (Fsp3) is 0.750. The molecule has 0 aromatic carbocycles. The van der Waals surface area contributed by atoms with Gasteiger partial charge in [-0.15, -0.1) is 0 Å². The Bertz CT molecular complexity index is 366. The van der Waals surface area contributed by atoms with Gasteiger partial charge in [0.2, 0.25) is 0 Å². The largest absolute Gasteiger partial charge is 0.465 e. The van der Waals surface area contributed by atoms with E-state index in [0.29, 0.717) is 25.1 Å². The molecule has 2 atom stereocenters. The van der Waals surface area contributed by atoms with Crippen molar-refractivity contribution >= 4 is 5.97 Å². The van der Waals surface area contributed by atoms with Crippen LogP contribution in [0.4, 0.5) is 0 Å². The van der Waals surface area contributed by atoms with E-state index >= 15 is 0 Å². The van der Waals surface area contributed by atoms with E-state index in [1.54, 1.807) is 12.7 Å². The van der Waals surface area contributed by atoms with Gasteiger partial charge >= 0.3 is 5.97 Å². The minimum Gasteiger partial charge on any atom is -0.465 e. The molecule has 0 radical (unpaired) electrons. The van der Waals surface area contributed by atoms with Gasteiger partial charge in [0, 0.05) is 12.6 Å². The van der Waals surface area contributed by atoms with Gasteiger partial charge in [0.25, 0.3) is 0 Å². The van der Waals surface area contributed by atoms with Gasteiger partial charge in [0.15, 0.2) is 0 Å². The zero-order valence-corrected chi connectivity index (χ0v) is 10.7. The van der Waals surface area contributed by atoms with E-state index in [0.717, 1.165) is 13.0 Å². The number of carbonyl (C=O) groups excluding carboxylic acids is 1. The third-order valence-corrected chi connectivity index (χ3v) is 3.36. The fourth-order valence-corrected chi connectivity index (χ4v) is 2.52. The summed E-state index contributed by atoms with van der Waals surface area (Å²) < 4.78 is 6.77. The monoisotopic (exact) mass is 252 g/mol. The van der Waals surface area contributed by atoms with Gasteiger partial charge in [-0.25, -0.2) is 4.98 Å². The number of nitrogens with zero attached hydrogens (tertiary/aromatic N) is 3. The van der Waals surface area contributed by atoms with Crippen LogP contribution in [0, 0.1) is 5.92 Å². The normalized spacial score (nSPS) is 23.2. The Labute approximate surface area is 107 Å². The van der Waals surface area contributed by atoms with Crippen LogP contribution in [0.15, 0.2) is 12.7 Å². The van der Waals surface area contributed by atoms with E-state index in [1.807, 2.05) is 11.6 Å². The molecule has 0 saturated heterocycles. The lowest BCUT2D eigenvalue weighted by atomic mass is 10.0. The average Bonchev–Trinajstić information content (AvgIpc) is 2.99. The van der Waals surface area contributed by atoms with Crippen LogP contribution in [0.1, 0.15) is 26.2 Å². The van der Waals surface area contributed by atoms with Crippen LogP contribution < -0.4 is 5.32 Å². The Kier molecular flexibility index (Phi) is 4.69. The Morgan fingerprint density at radius 1 is 1.56 bits per heavy atom. The molecule has 1 saturated carbocycles. The first-order chi connectivity index (χ1) is 8.79. The van der Waals surface area contributed by atoms with Crippen LogP contribution in [-0.2, 0) is 16.1 Å². The van der Waals surface area contributed by atoms with Gasteiger partial charge in [-0.1, -0.05) is 6.42 Å². The molecule has 1 aromatic rings. The molecule has 1 aliphatic rings. The first-order valence-electron chi connectivity index (χ1n) is 6.51. The summed E-state index contributed by atoms with van der Waals surface area (Å²) in [5.74, 6) is 0.338. The zero-order valence-electron chi connectivity index (χ0n) is 10.7. The molecule has 1 heterocycles. The Morgan fingerprint density at radius 2 is 2.44 bits per heavy atom. The highest BCUT2D eigenvalue weighted by molar-refractivity contribution is 5.71. The number of nitrogens with one attached hydrogen (secondary N) is 1. The highest BCUT2D eigenvalue weighted by atomic mass is 16.5. The first-order valence-corrected chi connectivity index (χ1v) is 6.51. The smallest absolute Gasteiger partial charge is 0.319 e. The van der Waals surface area contributed by atoms with E-state index in [-0.39, 0.29) is 5.97 Å². The number of rotatable bonds is 6. The second-order valence-electron chi connectivity index (χ2n) is 4.60. The Morgan fingerprint density at radius 3 is 3.17 bits per heavy atom. The Hall–Kier alpha value is -1.43. The van der Waals surface area contributed by atoms with E-state index in [1.165, 1.54) is 12.8 Å². The van der Waals surface area contributed by atoms with E-state index in [9.17, 15) is 4.79 Å². The second kappa shape index (κ2) is 6.49. The van der Waals surface area contributed by atoms with E-state index < -0.39 is 0 Å². The van der Waals surface area contributed by atoms with Gasteiger partial charge in [0.05, 0.1) is 13.2 Å². The van der Waals surface area contributed by atoms with Crippen LogP contribution in [-0.4, -0.2) is 39.9 Å². The quantitative estimate of drug-likeness (QED) is 0.751. The van der Waals surface area contributed by atoms with Crippen LogP contribution in [0.3, 0.4) is 0 Å². The van der Waals surface area contributed by atoms with Crippen molar-refractivity contribution in [3.63, 3.8) is 0 Å². The standard InChI is InChI=1S/C12H20N4O2/c1-2-18-12(17)6-14-11-5-3-4-10(11)7-16-9-13-8-15-16/h8-11,14H,2-7H2,1H3/t10-,11?/m1/s1. The summed E-state index contributed by atoms with van der Waals surface area (Å²) in [6.45, 7) is 3.42. The van der Waals surface area contributed by atoms with Gasteiger partial charge < -0.3 is 10.1 Å². The van der Waals surface area contributed by atoms with Crippen LogP contribution in [0.25, 0.3) is 0 Å².